The van der Waals surface area contributed by atoms with Crippen LogP contribution in [0.5, 0.6) is 0 Å². The molecule has 1 aliphatic carbocycles. The van der Waals surface area contributed by atoms with Crippen molar-refractivity contribution in [1.82, 2.24) is 25.6 Å². The van der Waals surface area contributed by atoms with Gasteiger partial charge in [0.05, 0.1) is 24.8 Å². The van der Waals surface area contributed by atoms with E-state index in [0.717, 1.165) is 18.4 Å². The van der Waals surface area contributed by atoms with Gasteiger partial charge < -0.3 is 10.6 Å². The molecule has 1 aliphatic heterocycles. The highest BCUT2D eigenvalue weighted by atomic mass is 16.2. The van der Waals surface area contributed by atoms with Crippen LogP contribution in [0.25, 0.3) is 0 Å². The molecule has 4 rings (SSSR count). The van der Waals surface area contributed by atoms with Gasteiger partial charge in [-0.05, 0) is 36.8 Å². The first-order valence-corrected chi connectivity index (χ1v) is 8.73. The molecule has 7 heteroatoms. The molecule has 2 aliphatic rings. The molecule has 2 heterocycles. The van der Waals surface area contributed by atoms with Crippen LogP contribution in [0.3, 0.4) is 0 Å². The number of nitrogens with one attached hydrogen (secondary N) is 2. The van der Waals surface area contributed by atoms with Crippen LogP contribution in [0.1, 0.15) is 41.6 Å². The SMILES string of the molecule is O=C1CC[C@@H](NC(=O)c2ccccc2Cn2ccnn2)[C@H](C2CC2)N1. The number of rotatable bonds is 5. The molecule has 2 N–H and O–H groups in total. The third-order valence-corrected chi connectivity index (χ3v) is 4.96. The number of amides is 2. The second-order valence-corrected chi connectivity index (χ2v) is 6.81. The third kappa shape index (κ3) is 3.55. The van der Waals surface area contributed by atoms with E-state index < -0.39 is 0 Å². The Labute approximate surface area is 145 Å². The van der Waals surface area contributed by atoms with Crippen LogP contribution in [0.4, 0.5) is 0 Å². The first kappa shape index (κ1) is 15.8. The molecule has 1 saturated heterocycles. The van der Waals surface area contributed by atoms with Crippen molar-refractivity contribution in [1.29, 1.82) is 0 Å². The molecular weight excluding hydrogens is 318 g/mol. The van der Waals surface area contributed by atoms with Crippen LogP contribution < -0.4 is 10.6 Å². The number of nitrogens with zero attached hydrogens (tertiary/aromatic N) is 3. The maximum atomic E-state index is 12.9. The van der Waals surface area contributed by atoms with Gasteiger partial charge in [-0.15, -0.1) is 5.10 Å². The molecule has 7 nitrogen and oxygen atoms in total. The van der Waals surface area contributed by atoms with Crippen LogP contribution >= 0.6 is 0 Å². The molecule has 1 aromatic carbocycles. The predicted molar refractivity (Wildman–Crippen MR) is 90.7 cm³/mol. The van der Waals surface area contributed by atoms with E-state index in [-0.39, 0.29) is 23.9 Å². The zero-order valence-electron chi connectivity index (χ0n) is 13.9. The summed E-state index contributed by atoms with van der Waals surface area (Å²) >= 11 is 0. The third-order valence-electron chi connectivity index (χ3n) is 4.96. The van der Waals surface area contributed by atoms with E-state index in [4.69, 9.17) is 0 Å². The fraction of sp³-hybridized carbons (Fsp3) is 0.444. The zero-order valence-corrected chi connectivity index (χ0v) is 13.9. The Kier molecular flexibility index (Phi) is 4.21. The summed E-state index contributed by atoms with van der Waals surface area (Å²) in [5, 5.41) is 14.0. The van der Waals surface area contributed by atoms with Gasteiger partial charge in [0, 0.05) is 18.2 Å². The molecule has 2 fully saturated rings. The summed E-state index contributed by atoms with van der Waals surface area (Å²) in [4.78, 5) is 24.6. The Hall–Kier alpha value is -2.70. The van der Waals surface area contributed by atoms with Crippen molar-refractivity contribution >= 4 is 11.8 Å². The fourth-order valence-corrected chi connectivity index (χ4v) is 3.51. The van der Waals surface area contributed by atoms with Crippen LogP contribution in [0.2, 0.25) is 0 Å². The first-order chi connectivity index (χ1) is 12.2. The van der Waals surface area contributed by atoms with Gasteiger partial charge in [-0.1, -0.05) is 23.4 Å². The number of hydrogen-bond donors (Lipinski definition) is 2. The van der Waals surface area contributed by atoms with Crippen molar-refractivity contribution in [2.24, 2.45) is 5.92 Å². The number of benzene rings is 1. The maximum absolute atomic E-state index is 12.9. The Morgan fingerprint density at radius 1 is 1.28 bits per heavy atom. The van der Waals surface area contributed by atoms with E-state index in [9.17, 15) is 9.59 Å². The minimum absolute atomic E-state index is 0.00266. The summed E-state index contributed by atoms with van der Waals surface area (Å²) in [5.41, 5.74) is 1.54. The van der Waals surface area contributed by atoms with Crippen LogP contribution in [-0.2, 0) is 11.3 Å². The van der Waals surface area contributed by atoms with Crippen LogP contribution in [0, 0.1) is 5.92 Å². The highest BCUT2D eigenvalue weighted by Crippen LogP contribution is 2.36. The van der Waals surface area contributed by atoms with E-state index in [0.29, 0.717) is 30.9 Å². The van der Waals surface area contributed by atoms with Crippen LogP contribution in [-0.4, -0.2) is 38.9 Å². The number of hydrogen-bond acceptors (Lipinski definition) is 4. The molecule has 2 aromatic rings. The molecule has 0 bridgehead atoms. The summed E-state index contributed by atoms with van der Waals surface area (Å²) in [7, 11) is 0. The molecule has 0 unspecified atom stereocenters. The largest absolute Gasteiger partial charge is 0.351 e. The van der Waals surface area contributed by atoms with Gasteiger partial charge in [-0.3, -0.25) is 9.59 Å². The average Bonchev–Trinajstić information content (AvgIpc) is 3.34. The van der Waals surface area contributed by atoms with Crippen molar-refractivity contribution in [3.05, 3.63) is 47.8 Å². The van der Waals surface area contributed by atoms with Gasteiger partial charge >= 0.3 is 0 Å². The molecular formula is C18H21N5O2. The van der Waals surface area contributed by atoms with E-state index in [2.05, 4.69) is 20.9 Å². The highest BCUT2D eigenvalue weighted by Gasteiger charge is 2.40. The Morgan fingerprint density at radius 2 is 2.12 bits per heavy atom. The second kappa shape index (κ2) is 6.66. The Morgan fingerprint density at radius 3 is 2.88 bits per heavy atom. The van der Waals surface area contributed by atoms with Gasteiger partial charge in [-0.25, -0.2) is 4.68 Å². The monoisotopic (exact) mass is 339 g/mol. The van der Waals surface area contributed by atoms with Crippen molar-refractivity contribution in [2.45, 2.75) is 44.3 Å². The van der Waals surface area contributed by atoms with Gasteiger partial charge in [0.2, 0.25) is 5.91 Å². The Balaban J connectivity index is 1.50. The summed E-state index contributed by atoms with van der Waals surface area (Å²) in [6.07, 6.45) is 6.81. The minimum Gasteiger partial charge on any atom is -0.351 e. The lowest BCUT2D eigenvalue weighted by Crippen LogP contribution is -2.56. The van der Waals surface area contributed by atoms with Gasteiger partial charge in [0.15, 0.2) is 0 Å². The highest BCUT2D eigenvalue weighted by molar-refractivity contribution is 5.96. The zero-order chi connectivity index (χ0) is 17.2. The fourth-order valence-electron chi connectivity index (χ4n) is 3.51. The van der Waals surface area contributed by atoms with E-state index >= 15 is 0 Å². The summed E-state index contributed by atoms with van der Waals surface area (Å²) in [6, 6.07) is 7.59. The number of carbonyl (C=O) groups excluding carboxylic acids is 2. The van der Waals surface area contributed by atoms with E-state index in [1.807, 2.05) is 24.3 Å². The van der Waals surface area contributed by atoms with Gasteiger partial charge in [0.1, 0.15) is 0 Å². The molecule has 0 radical (unpaired) electrons. The normalized spacial score (nSPS) is 23.1. The standard InChI is InChI=1S/C18H21N5O2/c24-16-8-7-15(17(21-16)12-5-6-12)20-18(25)14-4-2-1-3-13(14)11-23-10-9-19-22-23/h1-4,9-10,12,15,17H,5-8,11H2,(H,20,25)(H,21,24)/t15-,17+/m1/s1. The number of carbonyl (C=O) groups is 2. The summed E-state index contributed by atoms with van der Waals surface area (Å²) in [5.74, 6) is 0.497. The minimum atomic E-state index is -0.0949. The van der Waals surface area contributed by atoms with Crippen molar-refractivity contribution in [3.63, 3.8) is 0 Å². The van der Waals surface area contributed by atoms with Crippen molar-refractivity contribution < 1.29 is 9.59 Å². The molecule has 130 valence electrons. The van der Waals surface area contributed by atoms with Gasteiger partial charge in [0.25, 0.3) is 5.91 Å². The smallest absolute Gasteiger partial charge is 0.251 e. The lowest BCUT2D eigenvalue weighted by molar-refractivity contribution is -0.124. The molecule has 1 saturated carbocycles. The molecule has 25 heavy (non-hydrogen) atoms. The number of aromatic nitrogens is 3. The van der Waals surface area contributed by atoms with Crippen molar-refractivity contribution in [3.8, 4) is 0 Å². The van der Waals surface area contributed by atoms with Crippen LogP contribution in [0.15, 0.2) is 36.7 Å². The number of piperidine rings is 1. The quantitative estimate of drug-likeness (QED) is 0.854. The van der Waals surface area contributed by atoms with Gasteiger partial charge in [-0.2, -0.15) is 0 Å². The topological polar surface area (TPSA) is 88.9 Å². The Bertz CT molecular complexity index is 770. The van der Waals surface area contributed by atoms with E-state index in [1.54, 1.807) is 17.1 Å². The lowest BCUT2D eigenvalue weighted by atomic mass is 9.93. The average molecular weight is 339 g/mol. The lowest BCUT2D eigenvalue weighted by Gasteiger charge is -2.33. The maximum Gasteiger partial charge on any atom is 0.251 e. The van der Waals surface area contributed by atoms with Crippen molar-refractivity contribution in [2.75, 3.05) is 0 Å². The van der Waals surface area contributed by atoms with E-state index in [1.165, 1.54) is 0 Å². The summed E-state index contributed by atoms with van der Waals surface area (Å²) in [6.45, 7) is 0.497. The molecule has 0 spiro atoms. The predicted octanol–water partition coefficient (Wildman–Crippen LogP) is 1.11. The molecule has 2 atom stereocenters. The first-order valence-electron chi connectivity index (χ1n) is 8.73. The second-order valence-electron chi connectivity index (χ2n) is 6.81. The molecule has 1 aromatic heterocycles. The molecule has 2 amide bonds. The summed E-state index contributed by atoms with van der Waals surface area (Å²) < 4.78 is 1.69.